The normalized spacial score (nSPS) is 25.3. The minimum absolute atomic E-state index is 0.115. The van der Waals surface area contributed by atoms with Gasteiger partial charge >= 0.3 is 0 Å². The first-order valence-electron chi connectivity index (χ1n) is 11.2. The molecule has 4 rings (SSSR count). The van der Waals surface area contributed by atoms with Crippen LogP contribution in [0.4, 0.5) is 5.69 Å². The largest absolute Gasteiger partial charge is 0.479 e. The summed E-state index contributed by atoms with van der Waals surface area (Å²) in [5.74, 6) is -0.132. The van der Waals surface area contributed by atoms with E-state index in [1.54, 1.807) is 19.9 Å². The third-order valence-electron chi connectivity index (χ3n) is 6.50. The van der Waals surface area contributed by atoms with E-state index in [0.717, 1.165) is 25.7 Å². The van der Waals surface area contributed by atoms with E-state index in [9.17, 15) is 18.0 Å². The van der Waals surface area contributed by atoms with Gasteiger partial charge in [-0.25, -0.2) is 8.42 Å². The van der Waals surface area contributed by atoms with Crippen LogP contribution in [0.2, 0.25) is 0 Å². The summed E-state index contributed by atoms with van der Waals surface area (Å²) >= 11 is 0. The second-order valence-corrected chi connectivity index (χ2v) is 10.7. The van der Waals surface area contributed by atoms with Gasteiger partial charge in [-0.3, -0.25) is 9.59 Å². The van der Waals surface area contributed by atoms with Crippen molar-refractivity contribution in [2.75, 3.05) is 11.9 Å². The van der Waals surface area contributed by atoms with Crippen LogP contribution in [0.15, 0.2) is 17.0 Å². The van der Waals surface area contributed by atoms with Crippen molar-refractivity contribution in [2.45, 2.75) is 88.3 Å². The van der Waals surface area contributed by atoms with Gasteiger partial charge in [0.25, 0.3) is 5.91 Å². The maximum atomic E-state index is 13.6. The van der Waals surface area contributed by atoms with E-state index in [1.807, 2.05) is 0 Å². The zero-order chi connectivity index (χ0) is 22.2. The molecule has 0 radical (unpaired) electrons. The smallest absolute Gasteiger partial charge is 0.265 e. The molecule has 2 aliphatic heterocycles. The third kappa shape index (κ3) is 4.43. The molecule has 1 saturated heterocycles. The van der Waals surface area contributed by atoms with Crippen LogP contribution in [-0.4, -0.2) is 49.3 Å². The lowest BCUT2D eigenvalue weighted by Gasteiger charge is -2.28. The van der Waals surface area contributed by atoms with E-state index in [0.29, 0.717) is 36.4 Å². The number of nitrogens with zero attached hydrogens (tertiary/aromatic N) is 1. The number of hydrogen-bond donors (Lipinski definition) is 2. The second kappa shape index (κ2) is 8.78. The summed E-state index contributed by atoms with van der Waals surface area (Å²) in [6.45, 7) is 3.62. The molecule has 0 unspecified atom stereocenters. The lowest BCUT2D eigenvalue weighted by molar-refractivity contribution is -0.125. The molecule has 31 heavy (non-hydrogen) atoms. The van der Waals surface area contributed by atoms with Crippen LogP contribution in [-0.2, 0) is 19.6 Å². The lowest BCUT2D eigenvalue weighted by Crippen LogP contribution is -2.48. The number of aryl methyl sites for hydroxylation is 1. The Bertz CT molecular complexity index is 970. The molecule has 1 aromatic carbocycles. The Balaban J connectivity index is 1.57. The summed E-state index contributed by atoms with van der Waals surface area (Å²) in [6.07, 6.45) is 6.95. The number of ether oxygens (including phenoxy) is 1. The number of anilines is 1. The predicted molar refractivity (Wildman–Crippen MR) is 116 cm³/mol. The average molecular weight is 450 g/mol. The van der Waals surface area contributed by atoms with E-state index in [4.69, 9.17) is 4.74 Å². The molecular weight excluding hydrogens is 418 g/mol. The Labute approximate surface area is 183 Å². The van der Waals surface area contributed by atoms with Gasteiger partial charge in [-0.2, -0.15) is 4.31 Å². The Morgan fingerprint density at radius 1 is 1.13 bits per heavy atom. The zero-order valence-corrected chi connectivity index (χ0v) is 19.0. The molecule has 2 fully saturated rings. The third-order valence-corrected chi connectivity index (χ3v) is 8.55. The zero-order valence-electron chi connectivity index (χ0n) is 18.1. The van der Waals surface area contributed by atoms with Crippen LogP contribution < -0.4 is 15.4 Å². The molecular formula is C22H31N3O5S. The van der Waals surface area contributed by atoms with E-state index >= 15 is 0 Å². The molecule has 3 aliphatic rings. The summed E-state index contributed by atoms with van der Waals surface area (Å²) in [5, 5.41) is 5.85. The predicted octanol–water partition coefficient (Wildman–Crippen LogP) is 2.71. The maximum absolute atomic E-state index is 13.6. The lowest BCUT2D eigenvalue weighted by atomic mass is 10.1. The first-order valence-corrected chi connectivity index (χ1v) is 12.7. The fourth-order valence-corrected chi connectivity index (χ4v) is 6.64. The molecule has 8 nitrogen and oxygen atoms in total. The van der Waals surface area contributed by atoms with Crippen molar-refractivity contribution in [1.82, 2.24) is 9.62 Å². The van der Waals surface area contributed by atoms with Crippen molar-refractivity contribution >= 4 is 27.5 Å². The number of hydrogen-bond acceptors (Lipinski definition) is 5. The van der Waals surface area contributed by atoms with Crippen molar-refractivity contribution in [1.29, 1.82) is 0 Å². The molecule has 9 heteroatoms. The van der Waals surface area contributed by atoms with Crippen molar-refractivity contribution < 1.29 is 22.7 Å². The van der Waals surface area contributed by atoms with Gasteiger partial charge in [0.2, 0.25) is 15.9 Å². The quantitative estimate of drug-likeness (QED) is 0.688. The Hall–Kier alpha value is -2.13. The summed E-state index contributed by atoms with van der Waals surface area (Å²) < 4.78 is 34.0. The molecule has 2 N–H and O–H groups in total. The molecule has 170 valence electrons. The molecule has 0 aromatic heterocycles. The molecule has 2 heterocycles. The second-order valence-electron chi connectivity index (χ2n) is 8.83. The van der Waals surface area contributed by atoms with E-state index in [-0.39, 0.29) is 22.8 Å². The molecule has 1 aromatic rings. The van der Waals surface area contributed by atoms with Gasteiger partial charge < -0.3 is 15.4 Å². The van der Waals surface area contributed by atoms with Crippen LogP contribution in [0, 0.1) is 6.92 Å². The Kier molecular flexibility index (Phi) is 6.25. The molecule has 0 spiro atoms. The SMILES string of the molecule is Cc1cc2c(cc1S(=O)(=O)N1CCC[C@H]1C(=O)NC1CCCCCC1)O[C@@H](C)C(=O)N2. The van der Waals surface area contributed by atoms with Crippen molar-refractivity contribution in [3.63, 3.8) is 0 Å². The van der Waals surface area contributed by atoms with Crippen molar-refractivity contribution in [2.24, 2.45) is 0 Å². The van der Waals surface area contributed by atoms with Crippen LogP contribution >= 0.6 is 0 Å². The molecule has 1 saturated carbocycles. The number of benzene rings is 1. The highest BCUT2D eigenvalue weighted by molar-refractivity contribution is 7.89. The average Bonchev–Trinajstić information content (AvgIpc) is 3.09. The number of nitrogens with one attached hydrogen (secondary N) is 2. The van der Waals surface area contributed by atoms with Gasteiger partial charge in [0.15, 0.2) is 6.10 Å². The van der Waals surface area contributed by atoms with Gasteiger partial charge in [-0.15, -0.1) is 0 Å². The number of carbonyl (C=O) groups excluding carboxylic acids is 2. The Morgan fingerprint density at radius 3 is 2.55 bits per heavy atom. The van der Waals surface area contributed by atoms with E-state index in [2.05, 4.69) is 10.6 Å². The topological polar surface area (TPSA) is 105 Å². The minimum Gasteiger partial charge on any atom is -0.479 e. The number of amides is 2. The molecule has 0 bridgehead atoms. The summed E-state index contributed by atoms with van der Waals surface area (Å²) in [5.41, 5.74) is 0.968. The van der Waals surface area contributed by atoms with Gasteiger partial charge in [0.1, 0.15) is 11.8 Å². The number of carbonyl (C=O) groups is 2. The van der Waals surface area contributed by atoms with Gasteiger partial charge in [0, 0.05) is 18.7 Å². The maximum Gasteiger partial charge on any atom is 0.265 e. The van der Waals surface area contributed by atoms with Crippen LogP contribution in [0.5, 0.6) is 5.75 Å². The van der Waals surface area contributed by atoms with E-state index in [1.165, 1.54) is 23.2 Å². The monoisotopic (exact) mass is 449 g/mol. The first-order chi connectivity index (χ1) is 14.8. The summed E-state index contributed by atoms with van der Waals surface area (Å²) in [4.78, 5) is 25.0. The number of fused-ring (bicyclic) bond motifs is 1. The van der Waals surface area contributed by atoms with Crippen LogP contribution in [0.3, 0.4) is 0 Å². The molecule has 2 amide bonds. The highest BCUT2D eigenvalue weighted by atomic mass is 32.2. The Morgan fingerprint density at radius 2 is 1.84 bits per heavy atom. The number of rotatable bonds is 4. The fraction of sp³-hybridized carbons (Fsp3) is 0.636. The van der Waals surface area contributed by atoms with Crippen LogP contribution in [0.25, 0.3) is 0 Å². The van der Waals surface area contributed by atoms with Gasteiger partial charge in [-0.1, -0.05) is 25.7 Å². The highest BCUT2D eigenvalue weighted by Gasteiger charge is 2.41. The molecule has 1 aliphatic carbocycles. The van der Waals surface area contributed by atoms with Crippen molar-refractivity contribution in [3.05, 3.63) is 17.7 Å². The highest BCUT2D eigenvalue weighted by Crippen LogP contribution is 2.37. The van der Waals surface area contributed by atoms with Crippen molar-refractivity contribution in [3.8, 4) is 5.75 Å². The summed E-state index contributed by atoms with van der Waals surface area (Å²) in [7, 11) is -3.90. The molecule has 2 atom stereocenters. The summed E-state index contributed by atoms with van der Waals surface area (Å²) in [6, 6.07) is 2.52. The van der Waals surface area contributed by atoms with E-state index < -0.39 is 22.2 Å². The fourth-order valence-electron chi connectivity index (χ4n) is 4.76. The van der Waals surface area contributed by atoms with Gasteiger partial charge in [-0.05, 0) is 51.2 Å². The minimum atomic E-state index is -3.90. The first kappa shape index (κ1) is 22.1. The van der Waals surface area contributed by atoms with Crippen LogP contribution in [0.1, 0.15) is 63.9 Å². The standard InChI is InChI=1S/C22H31N3O5S/c1-14-12-17-19(30-15(2)21(26)24-17)13-20(14)31(28,29)25-11-7-10-18(25)22(27)23-16-8-5-3-4-6-9-16/h12-13,15-16,18H,3-11H2,1-2H3,(H,23,27)(H,24,26)/t15-,18-/m0/s1. The van der Waals surface area contributed by atoms with Gasteiger partial charge in [0.05, 0.1) is 10.6 Å². The number of sulfonamides is 1.